The number of anilines is 1. The van der Waals surface area contributed by atoms with Crippen LogP contribution in [0.1, 0.15) is 26.3 Å². The quantitative estimate of drug-likeness (QED) is 0.847. The lowest BCUT2D eigenvalue weighted by atomic mass is 10.1. The highest BCUT2D eigenvalue weighted by molar-refractivity contribution is 8.00. The molecule has 2 aromatic heterocycles. The first-order chi connectivity index (χ1) is 9.83. The van der Waals surface area contributed by atoms with E-state index in [1.54, 1.807) is 0 Å². The number of nitrogens with zero attached hydrogens (tertiary/aromatic N) is 5. The van der Waals surface area contributed by atoms with Crippen molar-refractivity contribution in [2.24, 2.45) is 0 Å². The van der Waals surface area contributed by atoms with Crippen LogP contribution in [0.4, 0.5) is 5.13 Å². The van der Waals surface area contributed by atoms with Crippen molar-refractivity contribution < 1.29 is 0 Å². The molecule has 0 aromatic carbocycles. The topological polar surface area (TPSA) is 66.8 Å². The second-order valence-electron chi connectivity index (χ2n) is 5.82. The summed E-state index contributed by atoms with van der Waals surface area (Å²) in [5, 5.41) is 13.2. The molecule has 0 radical (unpaired) electrons. The predicted molar refractivity (Wildman–Crippen MR) is 87.0 cm³/mol. The van der Waals surface area contributed by atoms with Crippen molar-refractivity contribution in [3.8, 4) is 0 Å². The van der Waals surface area contributed by atoms with Gasteiger partial charge in [0.15, 0.2) is 9.50 Å². The molecule has 114 valence electrons. The van der Waals surface area contributed by atoms with Crippen LogP contribution in [0.15, 0.2) is 21.9 Å². The highest BCUT2D eigenvalue weighted by Gasteiger charge is 2.11. The first kappa shape index (κ1) is 16.1. The van der Waals surface area contributed by atoms with E-state index in [-0.39, 0.29) is 5.54 Å². The fraction of sp³-hybridized carbons (Fsp3) is 0.538. The standard InChI is InChI=1S/C13H20N6S2/c1-13(2,3)16-8-9-6-14-10(15-7-9)20-12-18-17-11(21-12)19(4)5/h6-7,16H,8H2,1-5H3. The molecule has 2 aromatic rings. The molecule has 0 amide bonds. The Kier molecular flexibility index (Phi) is 5.13. The summed E-state index contributed by atoms with van der Waals surface area (Å²) in [5.74, 6) is 0. The van der Waals surface area contributed by atoms with Crippen LogP contribution < -0.4 is 10.2 Å². The van der Waals surface area contributed by atoms with Crippen LogP contribution in [-0.4, -0.2) is 39.8 Å². The molecule has 0 aliphatic carbocycles. The maximum atomic E-state index is 4.37. The molecular formula is C13H20N6S2. The van der Waals surface area contributed by atoms with Crippen LogP contribution >= 0.6 is 23.1 Å². The largest absolute Gasteiger partial charge is 0.353 e. The second kappa shape index (κ2) is 6.67. The summed E-state index contributed by atoms with van der Waals surface area (Å²) in [4.78, 5) is 10.7. The van der Waals surface area contributed by atoms with Gasteiger partial charge in [0.2, 0.25) is 5.13 Å². The van der Waals surface area contributed by atoms with Gasteiger partial charge in [0.1, 0.15) is 0 Å². The van der Waals surface area contributed by atoms with Gasteiger partial charge in [-0.25, -0.2) is 9.97 Å². The zero-order valence-electron chi connectivity index (χ0n) is 12.9. The summed E-state index contributed by atoms with van der Waals surface area (Å²) < 4.78 is 0.847. The Morgan fingerprint density at radius 2 is 1.86 bits per heavy atom. The minimum Gasteiger partial charge on any atom is -0.353 e. The van der Waals surface area contributed by atoms with Crippen LogP contribution in [0.3, 0.4) is 0 Å². The van der Waals surface area contributed by atoms with Crippen LogP contribution in [0, 0.1) is 0 Å². The smallest absolute Gasteiger partial charge is 0.208 e. The Morgan fingerprint density at radius 3 is 2.38 bits per heavy atom. The zero-order valence-corrected chi connectivity index (χ0v) is 14.5. The Morgan fingerprint density at radius 1 is 1.19 bits per heavy atom. The molecule has 0 fully saturated rings. The van der Waals surface area contributed by atoms with E-state index in [1.165, 1.54) is 23.1 Å². The minimum atomic E-state index is 0.0859. The molecule has 21 heavy (non-hydrogen) atoms. The first-order valence-corrected chi connectivity index (χ1v) is 8.21. The monoisotopic (exact) mass is 324 g/mol. The molecule has 0 aliphatic rings. The molecule has 6 nitrogen and oxygen atoms in total. The fourth-order valence-corrected chi connectivity index (χ4v) is 2.92. The number of nitrogens with one attached hydrogen (secondary N) is 1. The Hall–Kier alpha value is -1.25. The minimum absolute atomic E-state index is 0.0859. The first-order valence-electron chi connectivity index (χ1n) is 6.58. The third-order valence-electron chi connectivity index (χ3n) is 2.46. The molecule has 0 saturated heterocycles. The Labute approximate surface area is 133 Å². The van der Waals surface area contributed by atoms with E-state index in [4.69, 9.17) is 0 Å². The van der Waals surface area contributed by atoms with Crippen molar-refractivity contribution in [1.82, 2.24) is 25.5 Å². The number of aromatic nitrogens is 4. The van der Waals surface area contributed by atoms with Gasteiger partial charge < -0.3 is 10.2 Å². The van der Waals surface area contributed by atoms with Gasteiger partial charge in [0.05, 0.1) is 0 Å². The average molecular weight is 324 g/mol. The summed E-state index contributed by atoms with van der Waals surface area (Å²) >= 11 is 2.96. The van der Waals surface area contributed by atoms with Crippen LogP contribution in [0.2, 0.25) is 0 Å². The van der Waals surface area contributed by atoms with Crippen LogP contribution in [-0.2, 0) is 6.54 Å². The van der Waals surface area contributed by atoms with Crippen LogP contribution in [0.25, 0.3) is 0 Å². The normalized spacial score (nSPS) is 11.7. The number of hydrogen-bond donors (Lipinski definition) is 1. The number of hydrogen-bond acceptors (Lipinski definition) is 8. The maximum Gasteiger partial charge on any atom is 0.208 e. The third-order valence-corrected chi connectivity index (χ3v) is 4.50. The molecule has 0 bridgehead atoms. The molecule has 0 saturated carbocycles. The van der Waals surface area contributed by atoms with Crippen molar-refractivity contribution in [2.75, 3.05) is 19.0 Å². The van der Waals surface area contributed by atoms with Crippen molar-refractivity contribution >= 4 is 28.2 Å². The van der Waals surface area contributed by atoms with E-state index >= 15 is 0 Å². The third kappa shape index (κ3) is 5.22. The van der Waals surface area contributed by atoms with E-state index in [2.05, 4.69) is 46.3 Å². The van der Waals surface area contributed by atoms with E-state index in [0.717, 1.165) is 21.6 Å². The van der Waals surface area contributed by atoms with Gasteiger partial charge in [-0.15, -0.1) is 10.2 Å². The van der Waals surface area contributed by atoms with E-state index in [9.17, 15) is 0 Å². The average Bonchev–Trinajstić information content (AvgIpc) is 2.86. The summed E-state index contributed by atoms with van der Waals surface area (Å²) in [5.41, 5.74) is 1.16. The van der Waals surface area contributed by atoms with Crippen molar-refractivity contribution in [3.05, 3.63) is 18.0 Å². The van der Waals surface area contributed by atoms with Crippen molar-refractivity contribution in [1.29, 1.82) is 0 Å². The predicted octanol–water partition coefficient (Wildman–Crippen LogP) is 2.43. The van der Waals surface area contributed by atoms with E-state index in [1.807, 2.05) is 31.4 Å². The van der Waals surface area contributed by atoms with Gasteiger partial charge >= 0.3 is 0 Å². The molecule has 2 heterocycles. The molecule has 0 aliphatic heterocycles. The van der Waals surface area contributed by atoms with E-state index < -0.39 is 0 Å². The fourth-order valence-electron chi connectivity index (χ4n) is 1.36. The molecule has 0 spiro atoms. The maximum absolute atomic E-state index is 4.37. The molecular weight excluding hydrogens is 304 g/mol. The zero-order chi connectivity index (χ0) is 15.5. The molecule has 2 rings (SSSR count). The van der Waals surface area contributed by atoms with Crippen molar-refractivity contribution in [2.45, 2.75) is 42.4 Å². The van der Waals surface area contributed by atoms with Gasteiger partial charge in [0, 0.05) is 44.1 Å². The van der Waals surface area contributed by atoms with Crippen molar-refractivity contribution in [3.63, 3.8) is 0 Å². The van der Waals surface area contributed by atoms with Gasteiger partial charge in [-0.05, 0) is 32.5 Å². The Bertz CT molecular complexity index is 573. The second-order valence-corrected chi connectivity index (χ2v) is 7.99. The van der Waals surface area contributed by atoms with Crippen LogP contribution in [0.5, 0.6) is 0 Å². The lowest BCUT2D eigenvalue weighted by Crippen LogP contribution is -2.35. The summed E-state index contributed by atoms with van der Waals surface area (Å²) in [6.45, 7) is 7.17. The Balaban J connectivity index is 1.95. The van der Waals surface area contributed by atoms with Gasteiger partial charge in [0.25, 0.3) is 0 Å². The SMILES string of the molecule is CN(C)c1nnc(Sc2ncc(CNC(C)(C)C)cn2)s1. The lowest BCUT2D eigenvalue weighted by Gasteiger charge is -2.20. The number of rotatable bonds is 5. The lowest BCUT2D eigenvalue weighted by molar-refractivity contribution is 0.423. The highest BCUT2D eigenvalue weighted by Crippen LogP contribution is 2.30. The molecule has 0 unspecified atom stereocenters. The molecule has 1 N–H and O–H groups in total. The van der Waals surface area contributed by atoms with Gasteiger partial charge in [-0.3, -0.25) is 0 Å². The summed E-state index contributed by atoms with van der Waals surface area (Å²) in [7, 11) is 3.89. The summed E-state index contributed by atoms with van der Waals surface area (Å²) in [6, 6.07) is 0. The molecule has 8 heteroatoms. The van der Waals surface area contributed by atoms with E-state index in [0.29, 0.717) is 5.16 Å². The molecule has 0 atom stereocenters. The van der Waals surface area contributed by atoms with Gasteiger partial charge in [-0.1, -0.05) is 11.3 Å². The summed E-state index contributed by atoms with van der Waals surface area (Å²) in [6.07, 6.45) is 3.70. The highest BCUT2D eigenvalue weighted by atomic mass is 32.2. The van der Waals surface area contributed by atoms with Gasteiger partial charge in [-0.2, -0.15) is 0 Å².